The minimum absolute atomic E-state index is 0.104. The van der Waals surface area contributed by atoms with Crippen LogP contribution in [0.15, 0.2) is 42.4 Å². The molecule has 3 heterocycles. The number of dihydropyridines is 1. The van der Waals surface area contributed by atoms with Crippen LogP contribution in [0.3, 0.4) is 0 Å². The molecule has 4 aliphatic rings. The van der Waals surface area contributed by atoms with Crippen molar-refractivity contribution < 1.29 is 9.59 Å². The number of amides is 1. The third kappa shape index (κ3) is 2.94. The molecule has 2 bridgehead atoms. The summed E-state index contributed by atoms with van der Waals surface area (Å²) in [5, 5.41) is 8.04. The minimum Gasteiger partial charge on any atom is -0.378 e. The van der Waals surface area contributed by atoms with Gasteiger partial charge in [0.25, 0.3) is 0 Å². The lowest BCUT2D eigenvalue weighted by atomic mass is 9.44. The molecule has 148 valence electrons. The highest BCUT2D eigenvalue weighted by atomic mass is 16.2. The summed E-state index contributed by atoms with van der Waals surface area (Å²) < 4.78 is 0. The normalized spacial score (nSPS) is 27.1. The van der Waals surface area contributed by atoms with Gasteiger partial charge in [-0.1, -0.05) is 13.0 Å². The molecule has 2 N–H and O–H groups in total. The number of hydrogen-bond acceptors (Lipinski definition) is 5. The Balaban J connectivity index is 1.36. The molecule has 0 saturated heterocycles. The van der Waals surface area contributed by atoms with E-state index in [-0.39, 0.29) is 23.1 Å². The lowest BCUT2D eigenvalue weighted by Crippen LogP contribution is -2.58. The Kier molecular flexibility index (Phi) is 4.05. The number of hydrogen-bond donors (Lipinski definition) is 2. The highest BCUT2D eigenvalue weighted by molar-refractivity contribution is 5.98. The van der Waals surface area contributed by atoms with Gasteiger partial charge in [-0.25, -0.2) is 4.98 Å². The van der Waals surface area contributed by atoms with Gasteiger partial charge in [0.05, 0.1) is 11.1 Å². The van der Waals surface area contributed by atoms with Gasteiger partial charge in [-0.3, -0.25) is 14.6 Å². The van der Waals surface area contributed by atoms with Crippen LogP contribution in [0, 0.1) is 11.3 Å². The monoisotopic (exact) mass is 388 g/mol. The van der Waals surface area contributed by atoms with Gasteiger partial charge in [-0.2, -0.15) is 0 Å². The number of carbonyl (C=O) groups is 2. The van der Waals surface area contributed by atoms with E-state index in [1.165, 1.54) is 0 Å². The van der Waals surface area contributed by atoms with E-state index < -0.39 is 0 Å². The maximum Gasteiger partial charge on any atom is 0.231 e. The van der Waals surface area contributed by atoms with Crippen LogP contribution >= 0.6 is 0 Å². The molecule has 2 aromatic rings. The van der Waals surface area contributed by atoms with E-state index in [1.54, 1.807) is 12.4 Å². The van der Waals surface area contributed by atoms with Gasteiger partial charge >= 0.3 is 0 Å². The maximum absolute atomic E-state index is 12.5. The summed E-state index contributed by atoms with van der Waals surface area (Å²) in [4.78, 5) is 33.4. The van der Waals surface area contributed by atoms with E-state index in [4.69, 9.17) is 0 Å². The lowest BCUT2D eigenvalue weighted by molar-refractivity contribution is -0.158. The zero-order valence-electron chi connectivity index (χ0n) is 16.7. The Labute approximate surface area is 169 Å². The topological polar surface area (TPSA) is 84.0 Å². The third-order valence-electron chi connectivity index (χ3n) is 6.58. The van der Waals surface area contributed by atoms with Gasteiger partial charge in [0.15, 0.2) is 5.78 Å². The van der Waals surface area contributed by atoms with Crippen LogP contribution in [0.2, 0.25) is 0 Å². The van der Waals surface area contributed by atoms with E-state index in [9.17, 15) is 9.59 Å². The van der Waals surface area contributed by atoms with Gasteiger partial charge in [0.1, 0.15) is 11.9 Å². The molecular weight excluding hydrogens is 364 g/mol. The average molecular weight is 388 g/mol. The fourth-order valence-electron chi connectivity index (χ4n) is 4.62. The summed E-state index contributed by atoms with van der Waals surface area (Å²) >= 11 is 0. The molecule has 3 saturated carbocycles. The van der Waals surface area contributed by atoms with Gasteiger partial charge in [0.2, 0.25) is 5.91 Å². The standard InChI is InChI=1S/C23H24N4O2/c1-3-20(28)19-4-13(2)17(12-25-19)18-5-15-11-26-21(6-16(15)10-24-18)27-22(29)23-7-14(8-23)9-23/h4-6,10-12,14,19,25H,3,7-9H2,1-2H3,(H,26,27,29). The molecule has 0 spiro atoms. The number of fused-ring (bicyclic) bond motifs is 1. The fourth-order valence-corrected chi connectivity index (χ4v) is 4.62. The molecule has 0 aromatic carbocycles. The number of carbonyl (C=O) groups excluding carboxylic acids is 2. The second-order valence-electron chi connectivity index (χ2n) is 8.57. The van der Waals surface area contributed by atoms with Gasteiger partial charge < -0.3 is 10.6 Å². The molecule has 1 unspecified atom stereocenters. The number of aromatic nitrogens is 2. The summed E-state index contributed by atoms with van der Waals surface area (Å²) in [5.41, 5.74) is 2.70. The summed E-state index contributed by atoms with van der Waals surface area (Å²) in [6.07, 6.45) is 11.0. The largest absolute Gasteiger partial charge is 0.378 e. The van der Waals surface area contributed by atoms with Crippen molar-refractivity contribution in [2.24, 2.45) is 11.3 Å². The molecule has 6 nitrogen and oxygen atoms in total. The van der Waals surface area contributed by atoms with Crippen molar-refractivity contribution >= 4 is 33.9 Å². The highest BCUT2D eigenvalue weighted by Crippen LogP contribution is 2.64. The number of nitrogens with zero attached hydrogens (tertiary/aromatic N) is 2. The predicted molar refractivity (Wildman–Crippen MR) is 112 cm³/mol. The Morgan fingerprint density at radius 3 is 2.55 bits per heavy atom. The summed E-state index contributed by atoms with van der Waals surface area (Å²) in [6.45, 7) is 3.87. The second kappa shape index (κ2) is 6.51. The van der Waals surface area contributed by atoms with Crippen LogP contribution in [0.5, 0.6) is 0 Å². The first-order valence-electron chi connectivity index (χ1n) is 10.2. The molecule has 3 fully saturated rings. The van der Waals surface area contributed by atoms with Crippen LogP contribution in [0.4, 0.5) is 5.82 Å². The Morgan fingerprint density at radius 1 is 1.17 bits per heavy atom. The average Bonchev–Trinajstić information content (AvgIpc) is 2.64. The number of nitrogens with one attached hydrogen (secondary N) is 2. The first kappa shape index (κ1) is 18.0. The molecule has 1 aliphatic heterocycles. The lowest BCUT2D eigenvalue weighted by Gasteiger charge is -2.59. The smallest absolute Gasteiger partial charge is 0.231 e. The second-order valence-corrected chi connectivity index (χ2v) is 8.57. The van der Waals surface area contributed by atoms with Crippen molar-refractivity contribution in [3.05, 3.63) is 48.1 Å². The zero-order chi connectivity index (χ0) is 20.2. The van der Waals surface area contributed by atoms with Crippen LogP contribution < -0.4 is 10.6 Å². The number of allylic oxidation sites excluding steroid dienone is 2. The van der Waals surface area contributed by atoms with Gasteiger partial charge in [-0.05, 0) is 49.8 Å². The first-order chi connectivity index (χ1) is 14.0. The first-order valence-corrected chi connectivity index (χ1v) is 10.2. The van der Waals surface area contributed by atoms with E-state index in [0.717, 1.165) is 52.8 Å². The van der Waals surface area contributed by atoms with Crippen LogP contribution in [0.25, 0.3) is 16.3 Å². The molecule has 3 aliphatic carbocycles. The predicted octanol–water partition coefficient (Wildman–Crippen LogP) is 3.61. The molecule has 2 aromatic heterocycles. The van der Waals surface area contributed by atoms with Crippen molar-refractivity contribution in [3.63, 3.8) is 0 Å². The Bertz CT molecular complexity index is 1080. The van der Waals surface area contributed by atoms with Gasteiger partial charge in [0, 0.05) is 41.4 Å². The summed E-state index contributed by atoms with van der Waals surface area (Å²) in [5.74, 6) is 1.62. The van der Waals surface area contributed by atoms with E-state index in [2.05, 4.69) is 20.6 Å². The van der Waals surface area contributed by atoms with Crippen LogP contribution in [-0.4, -0.2) is 27.7 Å². The van der Waals surface area contributed by atoms with Crippen molar-refractivity contribution in [1.29, 1.82) is 0 Å². The fraction of sp³-hybridized carbons (Fsp3) is 0.391. The van der Waals surface area contributed by atoms with Crippen molar-refractivity contribution in [2.45, 2.75) is 45.6 Å². The van der Waals surface area contributed by atoms with E-state index in [1.807, 2.05) is 38.3 Å². The van der Waals surface area contributed by atoms with Crippen molar-refractivity contribution in [3.8, 4) is 0 Å². The minimum atomic E-state index is -0.266. The zero-order valence-corrected chi connectivity index (χ0v) is 16.7. The number of anilines is 1. The van der Waals surface area contributed by atoms with Crippen LogP contribution in [-0.2, 0) is 9.59 Å². The molecule has 29 heavy (non-hydrogen) atoms. The van der Waals surface area contributed by atoms with Crippen molar-refractivity contribution in [2.75, 3.05) is 5.32 Å². The van der Waals surface area contributed by atoms with E-state index >= 15 is 0 Å². The number of rotatable bonds is 5. The Morgan fingerprint density at radius 2 is 1.90 bits per heavy atom. The molecule has 6 rings (SSSR count). The van der Waals surface area contributed by atoms with Gasteiger partial charge in [-0.15, -0.1) is 0 Å². The van der Waals surface area contributed by atoms with Crippen molar-refractivity contribution in [1.82, 2.24) is 15.3 Å². The molecule has 6 heteroatoms. The SMILES string of the molecule is CCC(=O)C1C=C(C)C(c2cc3cnc(NC(=O)C45CC(C4)C5)cc3cn2)=CN1. The third-order valence-corrected chi connectivity index (χ3v) is 6.58. The molecule has 1 atom stereocenters. The molecule has 1 amide bonds. The summed E-state index contributed by atoms with van der Waals surface area (Å²) in [6, 6.07) is 3.60. The maximum atomic E-state index is 12.5. The number of ketones is 1. The quantitative estimate of drug-likeness (QED) is 0.818. The molecular formula is C23H24N4O2. The Hall–Kier alpha value is -3.02. The van der Waals surface area contributed by atoms with Crippen LogP contribution in [0.1, 0.15) is 45.2 Å². The number of Topliss-reactive ketones (excluding diaryl/α,β-unsaturated/α-hetero) is 1. The summed E-state index contributed by atoms with van der Waals surface area (Å²) in [7, 11) is 0. The molecule has 0 radical (unpaired) electrons. The number of pyridine rings is 2. The van der Waals surface area contributed by atoms with E-state index in [0.29, 0.717) is 12.2 Å². The highest BCUT2D eigenvalue weighted by Gasteiger charge is 2.61.